The van der Waals surface area contributed by atoms with E-state index in [1.165, 1.54) is 0 Å². The van der Waals surface area contributed by atoms with E-state index in [0.29, 0.717) is 19.3 Å². The van der Waals surface area contributed by atoms with Crippen LogP contribution < -0.4 is 0 Å². The summed E-state index contributed by atoms with van der Waals surface area (Å²) in [6, 6.07) is 0. The van der Waals surface area contributed by atoms with Crippen LogP contribution in [0.25, 0.3) is 0 Å². The fourth-order valence-electron chi connectivity index (χ4n) is 0.685. The average molecular weight is 196 g/mol. The quantitative estimate of drug-likeness (QED) is 0.464. The van der Waals surface area contributed by atoms with Crippen molar-refractivity contribution in [2.75, 3.05) is 6.61 Å². The van der Waals surface area contributed by atoms with Gasteiger partial charge >= 0.3 is 17.3 Å². The summed E-state index contributed by atoms with van der Waals surface area (Å²) in [6.45, 7) is 0.197. The van der Waals surface area contributed by atoms with Crippen molar-refractivity contribution in [1.82, 2.24) is 0 Å². The molecule has 72 valence electrons. The Morgan fingerprint density at radius 3 is 2.50 bits per heavy atom. The van der Waals surface area contributed by atoms with Crippen molar-refractivity contribution in [2.45, 2.75) is 25.7 Å². The van der Waals surface area contributed by atoms with Gasteiger partial charge in [0.1, 0.15) is 0 Å². The summed E-state index contributed by atoms with van der Waals surface area (Å²) in [5.74, 6) is -0.818. The van der Waals surface area contributed by atoms with Crippen LogP contribution in [-0.4, -0.2) is 26.4 Å². The van der Waals surface area contributed by atoms with Crippen LogP contribution in [0, 0.1) is 0 Å². The summed E-state index contributed by atoms with van der Waals surface area (Å²) in [5.41, 5.74) is 0. The normalized spacial score (nSPS) is 12.8. The first kappa shape index (κ1) is 11.5. The lowest BCUT2D eigenvalue weighted by Gasteiger charge is -1.97. The first-order valence-corrected chi connectivity index (χ1v) is 4.62. The molecule has 0 aromatic rings. The summed E-state index contributed by atoms with van der Waals surface area (Å²) in [4.78, 5) is 10.0. The lowest BCUT2D eigenvalue weighted by Crippen LogP contribution is -1.98. The van der Waals surface area contributed by atoms with Crippen molar-refractivity contribution >= 4 is 17.3 Å². The monoisotopic (exact) mass is 196 g/mol. The van der Waals surface area contributed by atoms with E-state index in [1.807, 2.05) is 0 Å². The highest BCUT2D eigenvalue weighted by molar-refractivity contribution is 7.74. The predicted octanol–water partition coefficient (Wildman–Crippen LogP) is 0.785. The molecular weight excluding hydrogens is 184 g/mol. The molecule has 12 heavy (non-hydrogen) atoms. The Kier molecular flexibility index (Phi) is 6.93. The second-order valence-electron chi connectivity index (χ2n) is 2.24. The zero-order valence-corrected chi connectivity index (χ0v) is 7.38. The molecule has 0 aromatic carbocycles. The number of carboxylic acids is 1. The minimum atomic E-state index is -2.20. The lowest BCUT2D eigenvalue weighted by atomic mass is 10.2. The predicted molar refractivity (Wildman–Crippen MR) is 42.8 cm³/mol. The van der Waals surface area contributed by atoms with Gasteiger partial charge in [0.25, 0.3) is 0 Å². The van der Waals surface area contributed by atoms with E-state index >= 15 is 0 Å². The third-order valence-corrected chi connectivity index (χ3v) is 1.59. The number of carboxylic acid groups (broad SMARTS) is 1. The maximum atomic E-state index is 10.0. The number of rotatable bonds is 7. The van der Waals surface area contributed by atoms with Gasteiger partial charge in [-0.25, -0.2) is 0 Å². The van der Waals surface area contributed by atoms with Crippen LogP contribution in [-0.2, 0) is 20.3 Å². The Balaban J connectivity index is 3.01. The third kappa shape index (κ3) is 9.54. The van der Waals surface area contributed by atoms with Crippen LogP contribution >= 0.6 is 0 Å². The topological polar surface area (TPSA) is 83.8 Å². The molecule has 6 heteroatoms. The lowest BCUT2D eigenvalue weighted by molar-refractivity contribution is -0.137. The van der Waals surface area contributed by atoms with Crippen molar-refractivity contribution in [2.24, 2.45) is 0 Å². The molecule has 2 N–H and O–H groups in total. The second-order valence-corrected chi connectivity index (χ2v) is 2.91. The number of aliphatic carboxylic acids is 1. The summed E-state index contributed by atoms with van der Waals surface area (Å²) in [6.07, 6.45) is 2.03. The molecule has 0 aliphatic heterocycles. The van der Waals surface area contributed by atoms with Crippen LogP contribution in [0.1, 0.15) is 25.7 Å². The van der Waals surface area contributed by atoms with Crippen molar-refractivity contribution < 1.29 is 22.8 Å². The fraction of sp³-hybridized carbons (Fsp3) is 0.833. The summed E-state index contributed by atoms with van der Waals surface area (Å²) < 4.78 is 22.4. The number of hydrogen-bond donors (Lipinski definition) is 2. The zero-order chi connectivity index (χ0) is 9.40. The molecule has 0 saturated heterocycles. The number of carbonyl (C=O) groups is 1. The highest BCUT2D eigenvalue weighted by atomic mass is 32.2. The van der Waals surface area contributed by atoms with Crippen LogP contribution in [0.5, 0.6) is 0 Å². The van der Waals surface area contributed by atoms with Crippen LogP contribution in [0.4, 0.5) is 0 Å². The number of unbranched alkanes of at least 4 members (excludes halogenated alkanes) is 2. The Morgan fingerprint density at radius 1 is 1.33 bits per heavy atom. The highest BCUT2D eigenvalue weighted by Crippen LogP contribution is 2.00. The van der Waals surface area contributed by atoms with E-state index in [9.17, 15) is 9.00 Å². The zero-order valence-electron chi connectivity index (χ0n) is 6.56. The minimum Gasteiger partial charge on any atom is -0.481 e. The maximum absolute atomic E-state index is 10.0. The maximum Gasteiger partial charge on any atom is 0.303 e. The van der Waals surface area contributed by atoms with Crippen LogP contribution in [0.3, 0.4) is 0 Å². The van der Waals surface area contributed by atoms with Gasteiger partial charge in [-0.1, -0.05) is 6.42 Å². The Morgan fingerprint density at radius 2 is 2.00 bits per heavy atom. The van der Waals surface area contributed by atoms with Gasteiger partial charge in [-0.3, -0.25) is 13.5 Å². The first-order chi connectivity index (χ1) is 5.63. The largest absolute Gasteiger partial charge is 0.481 e. The Labute approximate surface area is 73.2 Å². The van der Waals surface area contributed by atoms with E-state index in [1.54, 1.807) is 0 Å². The van der Waals surface area contributed by atoms with Gasteiger partial charge in [0.2, 0.25) is 0 Å². The van der Waals surface area contributed by atoms with Gasteiger partial charge in [-0.2, -0.15) is 4.21 Å². The summed E-state index contributed by atoms with van der Waals surface area (Å²) >= 11 is -2.20. The molecule has 0 radical (unpaired) electrons. The molecule has 0 bridgehead atoms. The summed E-state index contributed by atoms with van der Waals surface area (Å²) in [5, 5.41) is 8.24. The molecular formula is C6H12O5S. The molecule has 0 aliphatic rings. The van der Waals surface area contributed by atoms with Gasteiger partial charge in [0.15, 0.2) is 0 Å². The molecule has 0 aromatic heterocycles. The SMILES string of the molecule is O=C(O)CCCCCOS(=O)O. The molecule has 1 unspecified atom stereocenters. The molecule has 0 spiro atoms. The fourth-order valence-corrected chi connectivity index (χ4v) is 0.946. The van der Waals surface area contributed by atoms with Gasteiger partial charge in [-0.15, -0.1) is 0 Å². The molecule has 0 amide bonds. The van der Waals surface area contributed by atoms with E-state index in [2.05, 4.69) is 4.18 Å². The van der Waals surface area contributed by atoms with Crippen LogP contribution in [0.2, 0.25) is 0 Å². The van der Waals surface area contributed by atoms with Crippen molar-refractivity contribution in [3.63, 3.8) is 0 Å². The van der Waals surface area contributed by atoms with Gasteiger partial charge < -0.3 is 5.11 Å². The van der Waals surface area contributed by atoms with E-state index < -0.39 is 17.3 Å². The third-order valence-electron chi connectivity index (χ3n) is 1.22. The van der Waals surface area contributed by atoms with Crippen molar-refractivity contribution in [1.29, 1.82) is 0 Å². The number of hydrogen-bond acceptors (Lipinski definition) is 3. The van der Waals surface area contributed by atoms with E-state index in [0.717, 1.165) is 0 Å². The molecule has 0 saturated carbocycles. The minimum absolute atomic E-state index is 0.141. The molecule has 0 heterocycles. The molecule has 0 rings (SSSR count). The van der Waals surface area contributed by atoms with E-state index in [4.69, 9.17) is 9.66 Å². The smallest absolute Gasteiger partial charge is 0.303 e. The average Bonchev–Trinajstić information content (AvgIpc) is 1.95. The van der Waals surface area contributed by atoms with Gasteiger partial charge in [0, 0.05) is 6.42 Å². The van der Waals surface area contributed by atoms with Crippen molar-refractivity contribution in [3.05, 3.63) is 0 Å². The summed E-state index contributed by atoms with van der Waals surface area (Å²) in [7, 11) is 0. The van der Waals surface area contributed by atoms with Gasteiger partial charge in [-0.05, 0) is 12.8 Å². The molecule has 1 atom stereocenters. The Bertz CT molecular complexity index is 140. The molecule has 5 nitrogen and oxygen atoms in total. The van der Waals surface area contributed by atoms with E-state index in [-0.39, 0.29) is 13.0 Å². The van der Waals surface area contributed by atoms with Crippen molar-refractivity contribution in [3.8, 4) is 0 Å². The molecule has 0 aliphatic carbocycles. The standard InChI is InChI=1S/C6H12O5S/c7-6(8)4-2-1-3-5-11-12(9)10/h1-5H2,(H,7,8)(H,9,10). The Hall–Kier alpha value is -0.460. The highest BCUT2D eigenvalue weighted by Gasteiger charge is 1.97. The van der Waals surface area contributed by atoms with Crippen LogP contribution in [0.15, 0.2) is 0 Å². The second kappa shape index (κ2) is 7.20. The van der Waals surface area contributed by atoms with Gasteiger partial charge in [0.05, 0.1) is 6.61 Å². The molecule has 0 fully saturated rings. The first-order valence-electron chi connectivity index (χ1n) is 3.59.